The number of benzene rings is 3. The fraction of sp³-hybridized carbons (Fsp3) is 0.304. The van der Waals surface area contributed by atoms with Gasteiger partial charge in [-0.25, -0.2) is 0 Å². The molecular weight excluding hydrogens is 322 g/mol. The lowest BCUT2D eigenvalue weighted by Gasteiger charge is -2.22. The van der Waals surface area contributed by atoms with Crippen LogP contribution in [-0.4, -0.2) is 11.7 Å². The quantitative estimate of drug-likeness (QED) is 0.658. The first-order valence-corrected chi connectivity index (χ1v) is 9.08. The monoisotopic (exact) mass is 349 g/mol. The topological polar surface area (TPSA) is 55.5 Å². The average molecular weight is 349 g/mol. The SMILES string of the molecule is CC(C)Cc1ccc(Oc2ccc3cc([C@@](C)(N)CO)ccc3c2)cc1. The minimum Gasteiger partial charge on any atom is -0.457 e. The van der Waals surface area contributed by atoms with Crippen LogP contribution in [-0.2, 0) is 12.0 Å². The van der Waals surface area contributed by atoms with Gasteiger partial charge < -0.3 is 15.6 Å². The summed E-state index contributed by atoms with van der Waals surface area (Å²) in [4.78, 5) is 0. The van der Waals surface area contributed by atoms with Crippen LogP contribution in [0.25, 0.3) is 10.8 Å². The summed E-state index contributed by atoms with van der Waals surface area (Å²) in [6.07, 6.45) is 1.08. The van der Waals surface area contributed by atoms with Crippen molar-refractivity contribution >= 4 is 10.8 Å². The Hall–Kier alpha value is -2.36. The Kier molecular flexibility index (Phi) is 5.30. The molecule has 3 aromatic rings. The van der Waals surface area contributed by atoms with Crippen molar-refractivity contribution in [3.63, 3.8) is 0 Å². The van der Waals surface area contributed by atoms with Crippen molar-refractivity contribution in [3.05, 3.63) is 71.8 Å². The number of fused-ring (bicyclic) bond motifs is 1. The van der Waals surface area contributed by atoms with Crippen LogP contribution in [0, 0.1) is 5.92 Å². The van der Waals surface area contributed by atoms with Gasteiger partial charge in [0.05, 0.1) is 12.1 Å². The Morgan fingerprint density at radius 2 is 1.54 bits per heavy atom. The third-order valence-electron chi connectivity index (χ3n) is 4.60. The molecule has 3 N–H and O–H groups in total. The van der Waals surface area contributed by atoms with E-state index in [1.54, 1.807) is 0 Å². The lowest BCUT2D eigenvalue weighted by atomic mass is 9.92. The second-order valence-corrected chi connectivity index (χ2v) is 7.64. The Balaban J connectivity index is 1.80. The van der Waals surface area contributed by atoms with E-state index in [1.807, 2.05) is 55.5 Å². The predicted molar refractivity (Wildman–Crippen MR) is 108 cm³/mol. The summed E-state index contributed by atoms with van der Waals surface area (Å²) in [5.74, 6) is 2.29. The van der Waals surface area contributed by atoms with Gasteiger partial charge in [-0.05, 0) is 71.5 Å². The highest BCUT2D eigenvalue weighted by Crippen LogP contribution is 2.28. The second-order valence-electron chi connectivity index (χ2n) is 7.64. The largest absolute Gasteiger partial charge is 0.457 e. The van der Waals surface area contributed by atoms with Gasteiger partial charge in [0.2, 0.25) is 0 Å². The van der Waals surface area contributed by atoms with E-state index in [2.05, 4.69) is 26.0 Å². The molecule has 0 spiro atoms. The third kappa shape index (κ3) is 4.24. The maximum Gasteiger partial charge on any atom is 0.128 e. The molecule has 0 unspecified atom stereocenters. The van der Waals surface area contributed by atoms with Crippen molar-refractivity contribution in [1.82, 2.24) is 0 Å². The molecule has 0 aliphatic heterocycles. The Labute approximate surface area is 155 Å². The summed E-state index contributed by atoms with van der Waals surface area (Å²) >= 11 is 0. The smallest absolute Gasteiger partial charge is 0.128 e. The van der Waals surface area contributed by atoms with E-state index < -0.39 is 5.54 Å². The van der Waals surface area contributed by atoms with E-state index in [1.165, 1.54) is 5.56 Å². The van der Waals surface area contributed by atoms with Crippen molar-refractivity contribution in [2.24, 2.45) is 11.7 Å². The predicted octanol–water partition coefficient (Wildman–Crippen LogP) is 5.00. The van der Waals surface area contributed by atoms with Gasteiger partial charge in [-0.1, -0.05) is 44.2 Å². The molecule has 0 aliphatic rings. The molecule has 0 aromatic heterocycles. The standard InChI is InChI=1S/C23H27NO2/c1-16(2)12-17-4-9-21(10-5-17)26-22-11-7-18-13-20(23(3,24)15-25)8-6-19(18)14-22/h4-11,13-14,16,25H,12,15,24H2,1-3H3/t23-/m0/s1. The van der Waals surface area contributed by atoms with E-state index in [0.717, 1.165) is 34.3 Å². The van der Waals surface area contributed by atoms with Crippen molar-refractivity contribution in [1.29, 1.82) is 0 Å². The Morgan fingerprint density at radius 1 is 0.923 bits per heavy atom. The number of hydrogen-bond donors (Lipinski definition) is 2. The highest BCUT2D eigenvalue weighted by molar-refractivity contribution is 5.84. The zero-order valence-corrected chi connectivity index (χ0v) is 15.7. The Bertz CT molecular complexity index is 882. The molecule has 3 nitrogen and oxygen atoms in total. The molecule has 3 rings (SSSR count). The van der Waals surface area contributed by atoms with Gasteiger partial charge in [0.1, 0.15) is 11.5 Å². The van der Waals surface area contributed by atoms with E-state index in [4.69, 9.17) is 10.5 Å². The van der Waals surface area contributed by atoms with E-state index in [0.29, 0.717) is 5.92 Å². The fourth-order valence-corrected chi connectivity index (χ4v) is 3.03. The summed E-state index contributed by atoms with van der Waals surface area (Å²) in [6.45, 7) is 6.18. The molecule has 3 heteroatoms. The van der Waals surface area contributed by atoms with Gasteiger partial charge in [0, 0.05) is 0 Å². The van der Waals surface area contributed by atoms with Crippen LogP contribution in [0.3, 0.4) is 0 Å². The van der Waals surface area contributed by atoms with Crippen LogP contribution >= 0.6 is 0 Å². The first kappa shape index (κ1) is 18.4. The third-order valence-corrected chi connectivity index (χ3v) is 4.60. The van der Waals surface area contributed by atoms with Crippen LogP contribution < -0.4 is 10.5 Å². The number of ether oxygens (including phenoxy) is 1. The first-order valence-electron chi connectivity index (χ1n) is 9.08. The fourth-order valence-electron chi connectivity index (χ4n) is 3.03. The highest BCUT2D eigenvalue weighted by atomic mass is 16.5. The van der Waals surface area contributed by atoms with Gasteiger partial charge in [-0.3, -0.25) is 0 Å². The molecule has 0 saturated carbocycles. The number of aliphatic hydroxyl groups excluding tert-OH is 1. The summed E-state index contributed by atoms with van der Waals surface area (Å²) in [5, 5.41) is 11.6. The molecule has 26 heavy (non-hydrogen) atoms. The maximum absolute atomic E-state index is 9.45. The molecule has 0 heterocycles. The van der Waals surface area contributed by atoms with Crippen molar-refractivity contribution in [2.75, 3.05) is 6.61 Å². The number of rotatable bonds is 6. The van der Waals surface area contributed by atoms with Crippen LogP contribution in [0.1, 0.15) is 31.9 Å². The van der Waals surface area contributed by atoms with E-state index in [-0.39, 0.29) is 6.61 Å². The molecule has 0 aliphatic carbocycles. The summed E-state index contributed by atoms with van der Waals surface area (Å²) < 4.78 is 6.00. The first-order chi connectivity index (χ1) is 12.4. The normalized spacial score (nSPS) is 13.8. The summed E-state index contributed by atoms with van der Waals surface area (Å²) in [6, 6.07) is 20.3. The molecule has 0 fully saturated rings. The van der Waals surface area contributed by atoms with Crippen LogP contribution in [0.5, 0.6) is 11.5 Å². The maximum atomic E-state index is 9.45. The van der Waals surface area contributed by atoms with Crippen molar-refractivity contribution in [2.45, 2.75) is 32.7 Å². The average Bonchev–Trinajstić information content (AvgIpc) is 2.62. The van der Waals surface area contributed by atoms with E-state index in [9.17, 15) is 5.11 Å². The minimum absolute atomic E-state index is 0.0908. The lowest BCUT2D eigenvalue weighted by molar-refractivity contribution is 0.210. The van der Waals surface area contributed by atoms with Crippen LogP contribution in [0.15, 0.2) is 60.7 Å². The van der Waals surface area contributed by atoms with Gasteiger partial charge in [0.15, 0.2) is 0 Å². The molecular formula is C23H27NO2. The molecule has 1 atom stereocenters. The van der Waals surface area contributed by atoms with Gasteiger partial charge in [-0.15, -0.1) is 0 Å². The molecule has 136 valence electrons. The van der Waals surface area contributed by atoms with Gasteiger partial charge >= 0.3 is 0 Å². The summed E-state index contributed by atoms with van der Waals surface area (Å²) in [5.41, 5.74) is 7.64. The number of aliphatic hydroxyl groups is 1. The molecule has 0 saturated heterocycles. The number of nitrogens with two attached hydrogens (primary N) is 1. The Morgan fingerprint density at radius 3 is 2.19 bits per heavy atom. The van der Waals surface area contributed by atoms with Crippen LogP contribution in [0.4, 0.5) is 0 Å². The van der Waals surface area contributed by atoms with Gasteiger partial charge in [0.25, 0.3) is 0 Å². The molecule has 3 aromatic carbocycles. The zero-order chi connectivity index (χ0) is 18.7. The van der Waals surface area contributed by atoms with Gasteiger partial charge in [-0.2, -0.15) is 0 Å². The van der Waals surface area contributed by atoms with Crippen molar-refractivity contribution < 1.29 is 9.84 Å². The van der Waals surface area contributed by atoms with Crippen LogP contribution in [0.2, 0.25) is 0 Å². The highest BCUT2D eigenvalue weighted by Gasteiger charge is 2.19. The lowest BCUT2D eigenvalue weighted by Crippen LogP contribution is -2.36. The zero-order valence-electron chi connectivity index (χ0n) is 15.7. The molecule has 0 amide bonds. The molecule has 0 radical (unpaired) electrons. The second kappa shape index (κ2) is 7.48. The summed E-state index contributed by atoms with van der Waals surface area (Å²) in [7, 11) is 0. The van der Waals surface area contributed by atoms with E-state index >= 15 is 0 Å². The van der Waals surface area contributed by atoms with Crippen molar-refractivity contribution in [3.8, 4) is 11.5 Å². The number of hydrogen-bond acceptors (Lipinski definition) is 3. The minimum atomic E-state index is -0.735. The molecule has 0 bridgehead atoms.